The number of halogens is 2. The highest BCUT2D eigenvalue weighted by Gasteiger charge is 2.11. The van der Waals surface area contributed by atoms with Crippen LogP contribution in [0.5, 0.6) is 17.2 Å². The van der Waals surface area contributed by atoms with E-state index in [4.69, 9.17) is 14.6 Å². The van der Waals surface area contributed by atoms with Crippen LogP contribution in [-0.2, 0) is 4.79 Å². The zero-order chi connectivity index (χ0) is 19.8. The first-order valence-corrected chi connectivity index (χ1v) is 7.69. The summed E-state index contributed by atoms with van der Waals surface area (Å²) in [6, 6.07) is 10.2. The first kappa shape index (κ1) is 19.9. The summed E-state index contributed by atoms with van der Waals surface area (Å²) in [6.45, 7) is -3.43. The lowest BCUT2D eigenvalue weighted by Crippen LogP contribution is -2.10. The first-order valence-electron chi connectivity index (χ1n) is 7.69. The molecule has 0 fully saturated rings. The van der Waals surface area contributed by atoms with Crippen LogP contribution in [0, 0.1) is 0 Å². The van der Waals surface area contributed by atoms with Crippen LogP contribution in [0.4, 0.5) is 8.78 Å². The molecule has 2 aromatic carbocycles. The van der Waals surface area contributed by atoms with Gasteiger partial charge in [0.15, 0.2) is 23.9 Å². The van der Waals surface area contributed by atoms with E-state index in [-0.39, 0.29) is 23.0 Å². The molecule has 0 aliphatic carbocycles. The number of hydrogen-bond donors (Lipinski definition) is 1. The molecule has 0 amide bonds. The molecule has 0 aromatic heterocycles. The van der Waals surface area contributed by atoms with Crippen molar-refractivity contribution in [3.63, 3.8) is 0 Å². The molecular weight excluding hydrogens is 362 g/mol. The number of alkyl halides is 2. The molecule has 2 rings (SSSR count). The molecular formula is C19H16F2O6. The quantitative estimate of drug-likeness (QED) is 0.530. The maximum atomic E-state index is 12.3. The maximum absolute atomic E-state index is 12.3. The van der Waals surface area contributed by atoms with Gasteiger partial charge in [-0.1, -0.05) is 18.2 Å². The minimum Gasteiger partial charge on any atom is -0.493 e. The smallest absolute Gasteiger partial charge is 0.387 e. The summed E-state index contributed by atoms with van der Waals surface area (Å²) in [7, 11) is 1.37. The second kappa shape index (κ2) is 9.33. The molecule has 0 aliphatic heterocycles. The third kappa shape index (κ3) is 6.10. The van der Waals surface area contributed by atoms with Crippen molar-refractivity contribution < 1.29 is 37.7 Å². The number of aliphatic carboxylic acids is 1. The van der Waals surface area contributed by atoms with Crippen molar-refractivity contribution in [1.29, 1.82) is 0 Å². The van der Waals surface area contributed by atoms with Crippen LogP contribution in [0.3, 0.4) is 0 Å². The van der Waals surface area contributed by atoms with E-state index in [2.05, 4.69) is 4.74 Å². The van der Waals surface area contributed by atoms with Crippen molar-refractivity contribution in [3.8, 4) is 17.2 Å². The number of carboxylic acid groups (broad SMARTS) is 1. The van der Waals surface area contributed by atoms with Crippen molar-refractivity contribution in [2.75, 3.05) is 13.7 Å². The molecule has 0 heterocycles. The lowest BCUT2D eigenvalue weighted by molar-refractivity contribution is -0.139. The van der Waals surface area contributed by atoms with Gasteiger partial charge in [-0.15, -0.1) is 0 Å². The van der Waals surface area contributed by atoms with Gasteiger partial charge in [0.25, 0.3) is 0 Å². The fraction of sp³-hybridized carbons (Fsp3) is 0.158. The third-order valence-electron chi connectivity index (χ3n) is 3.33. The fourth-order valence-corrected chi connectivity index (χ4v) is 2.11. The van der Waals surface area contributed by atoms with E-state index in [1.165, 1.54) is 61.7 Å². The van der Waals surface area contributed by atoms with Crippen molar-refractivity contribution in [1.82, 2.24) is 0 Å². The van der Waals surface area contributed by atoms with Gasteiger partial charge in [-0.05, 0) is 42.0 Å². The average Bonchev–Trinajstić information content (AvgIpc) is 2.64. The Morgan fingerprint density at radius 1 is 1.11 bits per heavy atom. The number of rotatable bonds is 9. The molecule has 0 saturated carbocycles. The molecule has 6 nitrogen and oxygen atoms in total. The summed E-state index contributed by atoms with van der Waals surface area (Å²) >= 11 is 0. The minimum atomic E-state index is -2.90. The van der Waals surface area contributed by atoms with E-state index in [0.29, 0.717) is 11.1 Å². The number of methoxy groups -OCH3 is 1. The number of allylic oxidation sites excluding steroid dienone is 1. The van der Waals surface area contributed by atoms with Gasteiger partial charge >= 0.3 is 12.6 Å². The summed E-state index contributed by atoms with van der Waals surface area (Å²) in [5, 5.41) is 8.65. The van der Waals surface area contributed by atoms with Crippen molar-refractivity contribution in [3.05, 3.63) is 59.7 Å². The van der Waals surface area contributed by atoms with Crippen LogP contribution in [0.15, 0.2) is 48.5 Å². The number of carboxylic acids is 1. The Labute approximate surface area is 153 Å². The zero-order valence-electron chi connectivity index (χ0n) is 14.2. The maximum Gasteiger partial charge on any atom is 0.387 e. The van der Waals surface area contributed by atoms with Gasteiger partial charge in [0.1, 0.15) is 5.75 Å². The second-order valence-electron chi connectivity index (χ2n) is 5.19. The largest absolute Gasteiger partial charge is 0.493 e. The van der Waals surface area contributed by atoms with E-state index >= 15 is 0 Å². The standard InChI is InChI=1S/C19H16F2O6/c1-25-17-10-13(5-9-16(17)26-11-18(23)24)15(22)8-4-12-2-6-14(7-3-12)27-19(20)21/h2-10,19H,11H2,1H3,(H,23,24)/b8-4+. The zero-order valence-corrected chi connectivity index (χ0v) is 14.2. The lowest BCUT2D eigenvalue weighted by Gasteiger charge is -2.10. The molecule has 0 saturated heterocycles. The number of ether oxygens (including phenoxy) is 3. The Balaban J connectivity index is 2.08. The molecule has 0 radical (unpaired) electrons. The number of benzene rings is 2. The molecule has 27 heavy (non-hydrogen) atoms. The van der Waals surface area contributed by atoms with Crippen LogP contribution < -0.4 is 14.2 Å². The van der Waals surface area contributed by atoms with Crippen molar-refractivity contribution >= 4 is 17.8 Å². The Morgan fingerprint density at radius 3 is 2.41 bits per heavy atom. The van der Waals surface area contributed by atoms with Crippen molar-refractivity contribution in [2.24, 2.45) is 0 Å². The van der Waals surface area contributed by atoms with Gasteiger partial charge < -0.3 is 19.3 Å². The number of carbonyl (C=O) groups is 2. The summed E-state index contributed by atoms with van der Waals surface area (Å²) in [6.07, 6.45) is 2.84. The number of hydrogen-bond acceptors (Lipinski definition) is 5. The highest BCUT2D eigenvalue weighted by molar-refractivity contribution is 6.07. The molecule has 8 heteroatoms. The van der Waals surface area contributed by atoms with Crippen LogP contribution in [0.1, 0.15) is 15.9 Å². The summed E-state index contributed by atoms with van der Waals surface area (Å²) in [5.41, 5.74) is 0.932. The second-order valence-corrected chi connectivity index (χ2v) is 5.19. The van der Waals surface area contributed by atoms with Crippen LogP contribution in [0.25, 0.3) is 6.08 Å². The number of carbonyl (C=O) groups excluding carboxylic acids is 1. The topological polar surface area (TPSA) is 82.1 Å². The highest BCUT2D eigenvalue weighted by Crippen LogP contribution is 2.28. The average molecular weight is 378 g/mol. The Hall–Kier alpha value is -3.42. The van der Waals surface area contributed by atoms with E-state index in [0.717, 1.165) is 0 Å². The van der Waals surface area contributed by atoms with Gasteiger partial charge in [0.2, 0.25) is 0 Å². The molecule has 0 spiro atoms. The summed E-state index contributed by atoms with van der Waals surface area (Å²) < 4.78 is 38.7. The first-order chi connectivity index (χ1) is 12.9. The predicted octanol–water partition coefficient (Wildman–Crippen LogP) is 3.66. The van der Waals surface area contributed by atoms with E-state index in [1.54, 1.807) is 0 Å². The number of ketones is 1. The molecule has 1 N–H and O–H groups in total. The molecule has 2 aromatic rings. The lowest BCUT2D eigenvalue weighted by atomic mass is 10.1. The fourth-order valence-electron chi connectivity index (χ4n) is 2.11. The van der Waals surface area contributed by atoms with Crippen LogP contribution in [-0.4, -0.2) is 37.2 Å². The van der Waals surface area contributed by atoms with Crippen LogP contribution in [0.2, 0.25) is 0 Å². The van der Waals surface area contributed by atoms with Gasteiger partial charge in [0.05, 0.1) is 7.11 Å². The van der Waals surface area contributed by atoms with Gasteiger partial charge in [0, 0.05) is 5.56 Å². The molecule has 142 valence electrons. The molecule has 0 unspecified atom stereocenters. The SMILES string of the molecule is COc1cc(C(=O)/C=C/c2ccc(OC(F)F)cc2)ccc1OCC(=O)O. The predicted molar refractivity (Wildman–Crippen MR) is 92.6 cm³/mol. The van der Waals surface area contributed by atoms with Gasteiger partial charge in [-0.2, -0.15) is 8.78 Å². The van der Waals surface area contributed by atoms with E-state index < -0.39 is 19.2 Å². The van der Waals surface area contributed by atoms with Gasteiger partial charge in [-0.3, -0.25) is 4.79 Å². The molecule has 0 aliphatic rings. The summed E-state index contributed by atoms with van der Waals surface area (Å²) in [5.74, 6) is -1.01. The summed E-state index contributed by atoms with van der Waals surface area (Å²) in [4.78, 5) is 22.8. The van der Waals surface area contributed by atoms with E-state index in [9.17, 15) is 18.4 Å². The monoisotopic (exact) mass is 378 g/mol. The minimum absolute atomic E-state index is 0.0233. The van der Waals surface area contributed by atoms with Crippen LogP contribution >= 0.6 is 0 Å². The van der Waals surface area contributed by atoms with Gasteiger partial charge in [-0.25, -0.2) is 4.79 Å². The molecule has 0 atom stereocenters. The van der Waals surface area contributed by atoms with E-state index in [1.807, 2.05) is 0 Å². The highest BCUT2D eigenvalue weighted by atomic mass is 19.3. The normalized spacial score (nSPS) is 10.8. The molecule has 0 bridgehead atoms. The Kier molecular flexibility index (Phi) is 6.87. The Morgan fingerprint density at radius 2 is 1.81 bits per heavy atom. The third-order valence-corrected chi connectivity index (χ3v) is 3.33. The van der Waals surface area contributed by atoms with Crippen molar-refractivity contribution in [2.45, 2.75) is 6.61 Å². The Bertz CT molecular complexity index is 831.